The first-order chi connectivity index (χ1) is 8.00. The minimum atomic E-state index is -0.245. The minimum Gasteiger partial charge on any atom is -0.469 e. The number of esters is 2. The van der Waals surface area contributed by atoms with Crippen molar-refractivity contribution in [3.8, 4) is 0 Å². The van der Waals surface area contributed by atoms with Gasteiger partial charge in [0.15, 0.2) is 0 Å². The van der Waals surface area contributed by atoms with Crippen LogP contribution >= 0.6 is 0 Å². The molecule has 0 spiro atoms. The maximum Gasteiger partial charge on any atom is 0.302 e. The Morgan fingerprint density at radius 1 is 0.833 bits per heavy atom. The van der Waals surface area contributed by atoms with Crippen molar-refractivity contribution < 1.29 is 29.0 Å². The summed E-state index contributed by atoms with van der Waals surface area (Å²) in [7, 11) is 2.70. The van der Waals surface area contributed by atoms with Crippen LogP contribution in [-0.4, -0.2) is 43.2 Å². The average molecular weight is 266 g/mol. The quantitative estimate of drug-likeness (QED) is 0.665. The summed E-state index contributed by atoms with van der Waals surface area (Å²) in [6.07, 6.45) is -0.167. The van der Waals surface area contributed by atoms with Gasteiger partial charge in [-0.15, -0.1) is 0 Å². The number of carbonyl (C=O) groups excluding carboxylic acids is 3. The van der Waals surface area contributed by atoms with E-state index in [0.29, 0.717) is 0 Å². The van der Waals surface area contributed by atoms with Crippen molar-refractivity contribution in [2.75, 3.05) is 14.2 Å². The topological polar surface area (TPSA) is 89.9 Å². The number of carbonyl (C=O) groups is 3. The number of hydrogen-bond donors (Lipinski definition) is 1. The monoisotopic (exact) mass is 266 g/mol. The Kier molecular flexibility index (Phi) is 29.5. The Morgan fingerprint density at radius 3 is 0.889 bits per heavy atom. The highest BCUT2D eigenvalue weighted by Gasteiger charge is 1.76. The third kappa shape index (κ3) is 406. The molecule has 0 fully saturated rings. The second kappa shape index (κ2) is 20.9. The summed E-state index contributed by atoms with van der Waals surface area (Å²) in [6.45, 7) is 9.22. The van der Waals surface area contributed by atoms with Crippen molar-refractivity contribution in [3.05, 3.63) is 0 Å². The van der Waals surface area contributed by atoms with E-state index in [0.717, 1.165) is 0 Å². The Hall–Kier alpha value is -1.43. The van der Waals surface area contributed by atoms with Gasteiger partial charge < -0.3 is 19.4 Å². The fraction of sp³-hybridized carbons (Fsp3) is 0.750. The SMILES string of the molecule is CC(C)=O.CC(C)O.COC(C)=O.COC(C)=O. The first-order valence-corrected chi connectivity index (χ1v) is 5.25. The smallest absolute Gasteiger partial charge is 0.302 e. The van der Waals surface area contributed by atoms with E-state index in [1.165, 1.54) is 41.9 Å². The lowest BCUT2D eigenvalue weighted by Crippen LogP contribution is -1.88. The number of hydrogen-bond acceptors (Lipinski definition) is 6. The predicted octanol–water partition coefficient (Wildman–Crippen LogP) is 1.34. The summed E-state index contributed by atoms with van der Waals surface area (Å²) < 4.78 is 8.22. The van der Waals surface area contributed by atoms with Gasteiger partial charge in [-0.25, -0.2) is 0 Å². The molecule has 1 N–H and O–H groups in total. The van der Waals surface area contributed by atoms with Gasteiger partial charge in [0.2, 0.25) is 0 Å². The number of Topliss-reactive ketones (excluding diaryl/α,β-unsaturated/α-hetero) is 1. The fourth-order valence-electron chi connectivity index (χ4n) is 0. The zero-order valence-electron chi connectivity index (χ0n) is 12.6. The van der Waals surface area contributed by atoms with E-state index >= 15 is 0 Å². The van der Waals surface area contributed by atoms with Crippen molar-refractivity contribution in [2.45, 2.75) is 47.6 Å². The zero-order valence-corrected chi connectivity index (χ0v) is 12.6. The molecule has 18 heavy (non-hydrogen) atoms. The Bertz CT molecular complexity index is 190. The summed E-state index contributed by atoms with van der Waals surface area (Å²) in [5, 5.41) is 8.06. The molecule has 0 aliphatic rings. The molecule has 0 aliphatic carbocycles. The molecule has 0 amide bonds. The van der Waals surface area contributed by atoms with Gasteiger partial charge in [0, 0.05) is 20.0 Å². The van der Waals surface area contributed by atoms with Gasteiger partial charge >= 0.3 is 11.9 Å². The molecular formula is C12H26O6. The van der Waals surface area contributed by atoms with E-state index in [4.69, 9.17) is 5.11 Å². The van der Waals surface area contributed by atoms with Crippen LogP contribution in [0.2, 0.25) is 0 Å². The number of rotatable bonds is 0. The third-order valence-corrected chi connectivity index (χ3v) is 0.575. The van der Waals surface area contributed by atoms with Crippen LogP contribution in [0.25, 0.3) is 0 Å². The van der Waals surface area contributed by atoms with Crippen molar-refractivity contribution in [2.24, 2.45) is 0 Å². The standard InChI is InChI=1S/2C3H6O2.C3H8O.C3H6O/c2*1-3(4)5-2;2*1-3(2)4/h2*1-2H3;3-4H,1-2H3;1-2H3. The number of methoxy groups -OCH3 is 2. The Morgan fingerprint density at radius 2 is 0.889 bits per heavy atom. The molecule has 0 saturated heterocycles. The van der Waals surface area contributed by atoms with Crippen LogP contribution in [0.5, 0.6) is 0 Å². The lowest BCUT2D eigenvalue weighted by Gasteiger charge is -1.80. The molecule has 0 aromatic rings. The molecule has 0 heterocycles. The van der Waals surface area contributed by atoms with Crippen LogP contribution < -0.4 is 0 Å². The van der Waals surface area contributed by atoms with Gasteiger partial charge in [0.05, 0.1) is 14.2 Å². The zero-order chi connectivity index (χ0) is 15.7. The first kappa shape index (κ1) is 25.4. The van der Waals surface area contributed by atoms with E-state index in [-0.39, 0.29) is 23.8 Å². The van der Waals surface area contributed by atoms with E-state index in [1.54, 1.807) is 13.8 Å². The van der Waals surface area contributed by atoms with Crippen LogP contribution in [-0.2, 0) is 23.9 Å². The van der Waals surface area contributed by atoms with E-state index in [2.05, 4.69) is 9.47 Å². The van der Waals surface area contributed by atoms with Crippen molar-refractivity contribution >= 4 is 17.7 Å². The molecular weight excluding hydrogens is 240 g/mol. The Balaban J connectivity index is -0.0000000731. The summed E-state index contributed by atoms with van der Waals surface area (Å²) in [6, 6.07) is 0. The van der Waals surface area contributed by atoms with Gasteiger partial charge in [-0.3, -0.25) is 9.59 Å². The molecule has 110 valence electrons. The molecule has 0 saturated carbocycles. The lowest BCUT2D eigenvalue weighted by atomic mass is 10.5. The molecule has 0 rings (SSSR count). The van der Waals surface area contributed by atoms with E-state index in [1.807, 2.05) is 0 Å². The number of aliphatic hydroxyl groups excluding tert-OH is 1. The lowest BCUT2D eigenvalue weighted by molar-refractivity contribution is -0.138. The molecule has 0 aromatic carbocycles. The van der Waals surface area contributed by atoms with Gasteiger partial charge in [-0.1, -0.05) is 0 Å². The average Bonchev–Trinajstić information content (AvgIpc) is 2.16. The van der Waals surface area contributed by atoms with Crippen molar-refractivity contribution in [1.29, 1.82) is 0 Å². The maximum absolute atomic E-state index is 9.59. The summed E-state index contributed by atoms with van der Waals surface area (Å²) in [5.41, 5.74) is 0. The predicted molar refractivity (Wildman–Crippen MR) is 69.1 cm³/mol. The van der Waals surface area contributed by atoms with E-state index < -0.39 is 0 Å². The van der Waals surface area contributed by atoms with Crippen LogP contribution in [0.3, 0.4) is 0 Å². The highest BCUT2D eigenvalue weighted by atomic mass is 16.5. The first-order valence-electron chi connectivity index (χ1n) is 5.25. The highest BCUT2D eigenvalue weighted by Crippen LogP contribution is 1.65. The van der Waals surface area contributed by atoms with Gasteiger partial charge in [-0.2, -0.15) is 0 Å². The second-order valence-electron chi connectivity index (χ2n) is 3.39. The molecule has 0 radical (unpaired) electrons. The molecule has 6 heteroatoms. The summed E-state index contributed by atoms with van der Waals surface area (Å²) >= 11 is 0. The van der Waals surface area contributed by atoms with Crippen LogP contribution in [0.1, 0.15) is 41.5 Å². The summed E-state index contributed by atoms with van der Waals surface area (Å²) in [4.78, 5) is 28.6. The Labute approximate surface area is 109 Å². The largest absolute Gasteiger partial charge is 0.469 e. The fourth-order valence-corrected chi connectivity index (χ4v) is 0. The van der Waals surface area contributed by atoms with Crippen LogP contribution in [0.4, 0.5) is 0 Å². The normalized spacial score (nSPS) is 7.22. The van der Waals surface area contributed by atoms with Crippen molar-refractivity contribution in [1.82, 2.24) is 0 Å². The molecule has 6 nitrogen and oxygen atoms in total. The van der Waals surface area contributed by atoms with Gasteiger partial charge in [0.25, 0.3) is 0 Å². The number of aliphatic hydroxyl groups is 1. The second-order valence-corrected chi connectivity index (χ2v) is 3.39. The third-order valence-electron chi connectivity index (χ3n) is 0.575. The van der Waals surface area contributed by atoms with Crippen LogP contribution in [0.15, 0.2) is 0 Å². The molecule has 0 unspecified atom stereocenters. The van der Waals surface area contributed by atoms with Crippen molar-refractivity contribution in [3.63, 3.8) is 0 Å². The minimum absolute atomic E-state index is 0.167. The maximum atomic E-state index is 9.59. The number of ketones is 1. The molecule has 0 atom stereocenters. The van der Waals surface area contributed by atoms with E-state index in [9.17, 15) is 14.4 Å². The summed E-state index contributed by atoms with van der Waals surface area (Å²) in [5.74, 6) is -0.324. The highest BCUT2D eigenvalue weighted by molar-refractivity contribution is 5.72. The van der Waals surface area contributed by atoms with Gasteiger partial charge in [-0.05, 0) is 27.7 Å². The van der Waals surface area contributed by atoms with Crippen LogP contribution in [0, 0.1) is 0 Å². The molecule has 0 bridgehead atoms. The number of ether oxygens (including phenoxy) is 2. The molecule has 0 aromatic heterocycles. The van der Waals surface area contributed by atoms with Gasteiger partial charge in [0.1, 0.15) is 5.78 Å². The molecule has 0 aliphatic heterocycles.